The summed E-state index contributed by atoms with van der Waals surface area (Å²) in [7, 11) is 0. The minimum absolute atomic E-state index is 0.691. The van der Waals surface area contributed by atoms with Crippen LogP contribution < -0.4 is 5.73 Å². The van der Waals surface area contributed by atoms with Gasteiger partial charge >= 0.3 is 0 Å². The minimum atomic E-state index is 0.691. The highest BCUT2D eigenvalue weighted by Crippen LogP contribution is 2.30. The monoisotopic (exact) mass is 193 g/mol. The number of fused-ring (bicyclic) bond motifs is 1. The highest BCUT2D eigenvalue weighted by atomic mass is 32.2. The molecule has 1 aliphatic rings. The van der Waals surface area contributed by atoms with Crippen molar-refractivity contribution in [3.05, 3.63) is 29.8 Å². The number of hydrogen-bond donors (Lipinski definition) is 1. The van der Waals surface area contributed by atoms with Gasteiger partial charge in [-0.1, -0.05) is 18.2 Å². The van der Waals surface area contributed by atoms with Crippen LogP contribution in [-0.4, -0.2) is 12.3 Å². The molecule has 1 unspecified atom stereocenters. The lowest BCUT2D eigenvalue weighted by atomic mass is 9.97. The van der Waals surface area contributed by atoms with Gasteiger partial charge in [0.25, 0.3) is 0 Å². The zero-order chi connectivity index (χ0) is 9.10. The highest BCUT2D eigenvalue weighted by Gasteiger charge is 2.14. The minimum Gasteiger partial charge on any atom is -0.330 e. The van der Waals surface area contributed by atoms with E-state index in [9.17, 15) is 0 Å². The quantitative estimate of drug-likeness (QED) is 0.740. The van der Waals surface area contributed by atoms with Gasteiger partial charge < -0.3 is 5.73 Å². The number of benzene rings is 1. The normalized spacial score (nSPS) is 22.1. The van der Waals surface area contributed by atoms with Gasteiger partial charge in [-0.25, -0.2) is 0 Å². The maximum atomic E-state index is 5.72. The van der Waals surface area contributed by atoms with E-state index >= 15 is 0 Å². The Labute approximate surface area is 83.7 Å². The van der Waals surface area contributed by atoms with Crippen molar-refractivity contribution in [2.24, 2.45) is 11.7 Å². The first-order chi connectivity index (χ1) is 6.40. The molecule has 2 N–H and O–H groups in total. The van der Waals surface area contributed by atoms with E-state index in [1.165, 1.54) is 29.1 Å². The molecule has 1 nitrogen and oxygen atoms in total. The molecule has 0 aliphatic carbocycles. The number of hydrogen-bond acceptors (Lipinski definition) is 2. The van der Waals surface area contributed by atoms with E-state index in [0.717, 1.165) is 6.54 Å². The van der Waals surface area contributed by atoms with Crippen molar-refractivity contribution in [3.8, 4) is 0 Å². The van der Waals surface area contributed by atoms with Crippen LogP contribution in [0.2, 0.25) is 0 Å². The number of nitrogens with two attached hydrogens (primary N) is 1. The molecular formula is C11H15NS. The van der Waals surface area contributed by atoms with E-state index in [1.807, 2.05) is 11.8 Å². The summed E-state index contributed by atoms with van der Waals surface area (Å²) in [6, 6.07) is 8.70. The second-order valence-electron chi connectivity index (χ2n) is 3.55. The Morgan fingerprint density at radius 3 is 3.08 bits per heavy atom. The van der Waals surface area contributed by atoms with Crippen LogP contribution >= 0.6 is 11.8 Å². The lowest BCUT2D eigenvalue weighted by Gasteiger charge is -2.10. The summed E-state index contributed by atoms with van der Waals surface area (Å²) in [5, 5.41) is 0. The summed E-state index contributed by atoms with van der Waals surface area (Å²) in [6.45, 7) is 0.828. The molecule has 2 heteroatoms. The van der Waals surface area contributed by atoms with Crippen molar-refractivity contribution in [2.45, 2.75) is 17.7 Å². The first kappa shape index (κ1) is 9.10. The lowest BCUT2D eigenvalue weighted by molar-refractivity contribution is 0.524. The first-order valence-electron chi connectivity index (χ1n) is 4.81. The summed E-state index contributed by atoms with van der Waals surface area (Å²) >= 11 is 1.97. The summed E-state index contributed by atoms with van der Waals surface area (Å²) in [5.41, 5.74) is 7.21. The number of rotatable bonds is 1. The average Bonchev–Trinajstić information content (AvgIpc) is 2.38. The van der Waals surface area contributed by atoms with E-state index in [-0.39, 0.29) is 0 Å². The van der Waals surface area contributed by atoms with Crippen molar-refractivity contribution in [1.29, 1.82) is 0 Å². The van der Waals surface area contributed by atoms with Gasteiger partial charge in [0.2, 0.25) is 0 Å². The molecular weight excluding hydrogens is 178 g/mol. The third-order valence-corrected chi connectivity index (χ3v) is 3.75. The maximum absolute atomic E-state index is 5.72. The molecule has 1 aliphatic heterocycles. The summed E-state index contributed by atoms with van der Waals surface area (Å²) in [4.78, 5) is 1.46. The van der Waals surface area contributed by atoms with Crippen molar-refractivity contribution in [3.63, 3.8) is 0 Å². The molecule has 1 heterocycles. The molecule has 1 aromatic rings. The standard InChI is InChI=1S/C11H15NS/c12-8-9-5-6-13-11-4-2-1-3-10(11)7-9/h1-4,9H,5-8,12H2. The molecule has 13 heavy (non-hydrogen) atoms. The van der Waals surface area contributed by atoms with Crippen LogP contribution in [0, 0.1) is 5.92 Å². The van der Waals surface area contributed by atoms with Gasteiger partial charge in [-0.05, 0) is 42.7 Å². The van der Waals surface area contributed by atoms with Crippen molar-refractivity contribution >= 4 is 11.8 Å². The predicted octanol–water partition coefficient (Wildman–Crippen LogP) is 2.30. The molecule has 0 radical (unpaired) electrons. The van der Waals surface area contributed by atoms with Crippen LogP contribution in [0.3, 0.4) is 0 Å². The fourth-order valence-electron chi connectivity index (χ4n) is 1.76. The van der Waals surface area contributed by atoms with Gasteiger partial charge in [0.15, 0.2) is 0 Å². The fraction of sp³-hybridized carbons (Fsp3) is 0.455. The van der Waals surface area contributed by atoms with Crippen LogP contribution in [0.4, 0.5) is 0 Å². The molecule has 1 atom stereocenters. The van der Waals surface area contributed by atoms with E-state index in [2.05, 4.69) is 24.3 Å². The van der Waals surface area contributed by atoms with Crippen LogP contribution in [0.1, 0.15) is 12.0 Å². The van der Waals surface area contributed by atoms with Crippen LogP contribution in [0.15, 0.2) is 29.2 Å². The molecule has 0 saturated carbocycles. The topological polar surface area (TPSA) is 26.0 Å². The van der Waals surface area contributed by atoms with E-state index in [4.69, 9.17) is 5.73 Å². The second-order valence-corrected chi connectivity index (χ2v) is 4.69. The van der Waals surface area contributed by atoms with Crippen LogP contribution in [-0.2, 0) is 6.42 Å². The summed E-state index contributed by atoms with van der Waals surface area (Å²) < 4.78 is 0. The second kappa shape index (κ2) is 4.16. The van der Waals surface area contributed by atoms with Crippen molar-refractivity contribution < 1.29 is 0 Å². The third kappa shape index (κ3) is 2.06. The van der Waals surface area contributed by atoms with Crippen molar-refractivity contribution in [1.82, 2.24) is 0 Å². The average molecular weight is 193 g/mol. The SMILES string of the molecule is NCC1CCSc2ccccc2C1. The van der Waals surface area contributed by atoms with Gasteiger partial charge in [0, 0.05) is 4.90 Å². The largest absolute Gasteiger partial charge is 0.330 e. The zero-order valence-electron chi connectivity index (χ0n) is 7.70. The molecule has 0 fully saturated rings. The van der Waals surface area contributed by atoms with Crippen LogP contribution in [0.5, 0.6) is 0 Å². The third-order valence-electron chi connectivity index (χ3n) is 2.60. The van der Waals surface area contributed by atoms with E-state index in [0.29, 0.717) is 5.92 Å². The van der Waals surface area contributed by atoms with Gasteiger partial charge in [-0.15, -0.1) is 11.8 Å². The smallest absolute Gasteiger partial charge is 0.0104 e. The predicted molar refractivity (Wildman–Crippen MR) is 58.0 cm³/mol. The Bertz CT molecular complexity index is 285. The fourth-order valence-corrected chi connectivity index (χ4v) is 2.95. The van der Waals surface area contributed by atoms with Crippen LogP contribution in [0.25, 0.3) is 0 Å². The molecule has 2 rings (SSSR count). The Morgan fingerprint density at radius 2 is 2.23 bits per heavy atom. The molecule has 0 aromatic heterocycles. The first-order valence-corrected chi connectivity index (χ1v) is 5.79. The maximum Gasteiger partial charge on any atom is 0.0104 e. The van der Waals surface area contributed by atoms with Gasteiger partial charge in [-0.3, -0.25) is 0 Å². The lowest BCUT2D eigenvalue weighted by Crippen LogP contribution is -2.16. The Balaban J connectivity index is 2.23. The molecule has 70 valence electrons. The summed E-state index contributed by atoms with van der Waals surface area (Å²) in [6.07, 6.45) is 2.43. The Morgan fingerprint density at radius 1 is 1.38 bits per heavy atom. The highest BCUT2D eigenvalue weighted by molar-refractivity contribution is 7.99. The summed E-state index contributed by atoms with van der Waals surface area (Å²) in [5.74, 6) is 1.91. The van der Waals surface area contributed by atoms with E-state index < -0.39 is 0 Å². The zero-order valence-corrected chi connectivity index (χ0v) is 8.52. The van der Waals surface area contributed by atoms with Gasteiger partial charge in [0.05, 0.1) is 0 Å². The Hall–Kier alpha value is -0.470. The van der Waals surface area contributed by atoms with E-state index in [1.54, 1.807) is 0 Å². The Kier molecular flexibility index (Phi) is 2.91. The molecule has 0 amide bonds. The van der Waals surface area contributed by atoms with Crippen molar-refractivity contribution in [2.75, 3.05) is 12.3 Å². The number of thioether (sulfide) groups is 1. The van der Waals surface area contributed by atoms with Gasteiger partial charge in [-0.2, -0.15) is 0 Å². The molecule has 0 bridgehead atoms. The molecule has 0 saturated heterocycles. The molecule has 1 aromatic carbocycles. The van der Waals surface area contributed by atoms with Gasteiger partial charge in [0.1, 0.15) is 0 Å². The molecule has 0 spiro atoms.